The highest BCUT2D eigenvalue weighted by Gasteiger charge is 2.45. The molecule has 4 amide bonds. The Morgan fingerprint density at radius 2 is 1.14 bits per heavy atom. The van der Waals surface area contributed by atoms with Gasteiger partial charge in [-0.1, -0.05) is 45.1 Å². The van der Waals surface area contributed by atoms with Gasteiger partial charge in [0.15, 0.2) is 0 Å². The average molecular weight is 810 g/mol. The number of carbonyl (C=O) groups is 5. The maximum Gasteiger partial charge on any atom is 0.305 e. The van der Waals surface area contributed by atoms with Crippen LogP contribution in [0.4, 0.5) is 5.69 Å². The van der Waals surface area contributed by atoms with Crippen molar-refractivity contribution in [3.05, 3.63) is 29.3 Å². The van der Waals surface area contributed by atoms with E-state index in [0.717, 1.165) is 17.7 Å². The van der Waals surface area contributed by atoms with Gasteiger partial charge in [0, 0.05) is 25.1 Å². The van der Waals surface area contributed by atoms with Crippen molar-refractivity contribution < 1.29 is 66.6 Å². The minimum Gasteiger partial charge on any atom is -0.463 e. The Hall–Kier alpha value is -3.55. The van der Waals surface area contributed by atoms with Crippen molar-refractivity contribution in [1.82, 2.24) is 10.2 Å². The molecule has 0 bridgehead atoms. The van der Waals surface area contributed by atoms with E-state index < -0.39 is 29.7 Å². The quantitative estimate of drug-likeness (QED) is 0.0570. The number of hydrogen-bond acceptors (Lipinski definition) is 15. The van der Waals surface area contributed by atoms with Crippen molar-refractivity contribution in [1.29, 1.82) is 0 Å². The summed E-state index contributed by atoms with van der Waals surface area (Å²) in [7, 11) is 0. The van der Waals surface area contributed by atoms with E-state index in [1.807, 2.05) is 0 Å². The molecule has 17 nitrogen and oxygen atoms in total. The topological polar surface area (TPSA) is 196 Å². The molecule has 0 spiro atoms. The number of ether oxygens (including phenoxy) is 9. The van der Waals surface area contributed by atoms with E-state index in [1.54, 1.807) is 18.2 Å². The fraction of sp³-hybridized carbons (Fsp3) is 0.725. The Balaban J connectivity index is 1.01. The van der Waals surface area contributed by atoms with Crippen LogP contribution in [-0.2, 0) is 57.0 Å². The summed E-state index contributed by atoms with van der Waals surface area (Å²) in [5.74, 6) is -2.33. The summed E-state index contributed by atoms with van der Waals surface area (Å²) >= 11 is 0. The fourth-order valence-electron chi connectivity index (χ4n) is 5.90. The number of nitrogens with one attached hydrogen (secondary N) is 2. The summed E-state index contributed by atoms with van der Waals surface area (Å²) in [6.07, 6.45) is 7.50. The first-order valence-electron chi connectivity index (χ1n) is 20.3. The second kappa shape index (κ2) is 30.5. The first kappa shape index (κ1) is 47.8. The summed E-state index contributed by atoms with van der Waals surface area (Å²) in [4.78, 5) is 62.6. The molecule has 1 unspecified atom stereocenters. The Bertz CT molecular complexity index is 1330. The number of hydrogen-bond donors (Lipinski definition) is 2. The summed E-state index contributed by atoms with van der Waals surface area (Å²) in [5.41, 5.74) is 0.902. The molecular formula is C40H63N3O14. The lowest BCUT2D eigenvalue weighted by Crippen LogP contribution is -2.54. The summed E-state index contributed by atoms with van der Waals surface area (Å²) in [5, 5.41) is 5.33. The molecule has 0 aromatic heterocycles. The molecule has 2 aliphatic heterocycles. The van der Waals surface area contributed by atoms with E-state index in [2.05, 4.69) is 17.6 Å². The van der Waals surface area contributed by atoms with Crippen LogP contribution in [-0.4, -0.2) is 159 Å². The minimum atomic E-state index is -1.01. The second-order valence-electron chi connectivity index (χ2n) is 13.2. The number of nitrogens with zero attached hydrogens (tertiary/aromatic N) is 1. The van der Waals surface area contributed by atoms with Gasteiger partial charge in [0.05, 0.1) is 117 Å². The van der Waals surface area contributed by atoms with Gasteiger partial charge in [-0.15, -0.1) is 0 Å². The van der Waals surface area contributed by atoms with Gasteiger partial charge in [-0.25, -0.2) is 0 Å². The Kier molecular flexibility index (Phi) is 25.6. The van der Waals surface area contributed by atoms with Crippen LogP contribution >= 0.6 is 0 Å². The van der Waals surface area contributed by atoms with Crippen LogP contribution in [0, 0.1) is 0 Å². The SMILES string of the molecule is CCCCCCCCC(=O)OCCOCCOCCOCCOCCOCCOCCOCCOCCNc1cccc2c1C(=O)N(C1CCC(=O)NC1=O)C2=O. The largest absolute Gasteiger partial charge is 0.463 e. The summed E-state index contributed by atoms with van der Waals surface area (Å²) < 4.78 is 49.1. The monoisotopic (exact) mass is 809 g/mol. The van der Waals surface area contributed by atoms with Crippen LogP contribution in [0.5, 0.6) is 0 Å². The number of fused-ring (bicyclic) bond motifs is 1. The first-order valence-corrected chi connectivity index (χ1v) is 20.3. The molecule has 3 rings (SSSR count). The number of esters is 1. The Labute approximate surface area is 336 Å². The Morgan fingerprint density at radius 3 is 1.67 bits per heavy atom. The third-order valence-corrected chi connectivity index (χ3v) is 8.86. The minimum absolute atomic E-state index is 0.0642. The standard InChI is InChI=1S/C40H63N3O14/c1-2-3-4-5-6-7-11-36(45)57-31-30-56-29-28-55-27-26-54-25-24-53-23-22-52-21-20-51-19-18-50-17-16-49-15-14-41-33-10-8-9-32-37(33)40(48)43(39(32)47)34-12-13-35(44)42-38(34)46/h8-10,34,41H,2-7,11-31H2,1H3,(H,42,44,46). The maximum absolute atomic E-state index is 13.2. The van der Waals surface area contributed by atoms with Crippen molar-refractivity contribution in [2.45, 2.75) is 70.8 Å². The lowest BCUT2D eigenvalue weighted by Gasteiger charge is -2.27. The molecule has 17 heteroatoms. The highest BCUT2D eigenvalue weighted by Crippen LogP contribution is 2.32. The smallest absolute Gasteiger partial charge is 0.305 e. The number of amides is 4. The van der Waals surface area contributed by atoms with Crippen LogP contribution in [0.2, 0.25) is 0 Å². The van der Waals surface area contributed by atoms with Gasteiger partial charge in [-0.2, -0.15) is 0 Å². The highest BCUT2D eigenvalue weighted by atomic mass is 16.6. The molecular weight excluding hydrogens is 746 g/mol. The predicted octanol–water partition coefficient (Wildman–Crippen LogP) is 2.93. The first-order chi connectivity index (χ1) is 27.9. The summed E-state index contributed by atoms with van der Waals surface area (Å²) in [6, 6.07) is 3.90. The zero-order valence-corrected chi connectivity index (χ0v) is 33.6. The molecule has 57 heavy (non-hydrogen) atoms. The molecule has 1 fully saturated rings. The molecule has 0 aliphatic carbocycles. The van der Waals surface area contributed by atoms with Gasteiger partial charge in [0.1, 0.15) is 12.6 Å². The van der Waals surface area contributed by atoms with Gasteiger partial charge in [-0.05, 0) is 25.0 Å². The molecule has 1 atom stereocenters. The molecule has 322 valence electrons. The molecule has 2 aliphatic rings. The zero-order chi connectivity index (χ0) is 40.8. The number of anilines is 1. The fourth-order valence-corrected chi connectivity index (χ4v) is 5.90. The van der Waals surface area contributed by atoms with Crippen molar-refractivity contribution >= 4 is 35.3 Å². The van der Waals surface area contributed by atoms with Gasteiger partial charge in [0.2, 0.25) is 11.8 Å². The molecule has 0 radical (unpaired) electrons. The van der Waals surface area contributed by atoms with Crippen LogP contribution in [0.15, 0.2) is 18.2 Å². The lowest BCUT2D eigenvalue weighted by atomic mass is 10.0. The molecule has 1 aromatic rings. The van der Waals surface area contributed by atoms with Crippen molar-refractivity contribution in [2.24, 2.45) is 0 Å². The van der Waals surface area contributed by atoms with Gasteiger partial charge >= 0.3 is 5.97 Å². The molecule has 0 saturated carbocycles. The third kappa shape index (κ3) is 19.6. The van der Waals surface area contributed by atoms with Gasteiger partial charge < -0.3 is 47.9 Å². The van der Waals surface area contributed by atoms with Gasteiger partial charge in [0.25, 0.3) is 11.8 Å². The number of benzene rings is 1. The maximum atomic E-state index is 13.2. The lowest BCUT2D eigenvalue weighted by molar-refractivity contribution is -0.145. The third-order valence-electron chi connectivity index (χ3n) is 8.86. The number of piperidine rings is 1. The normalized spacial score (nSPS) is 15.3. The van der Waals surface area contributed by atoms with E-state index >= 15 is 0 Å². The van der Waals surface area contributed by atoms with Crippen molar-refractivity contribution in [3.8, 4) is 0 Å². The highest BCUT2D eigenvalue weighted by molar-refractivity contribution is 6.25. The van der Waals surface area contributed by atoms with Crippen molar-refractivity contribution in [3.63, 3.8) is 0 Å². The number of rotatable bonds is 36. The number of imide groups is 2. The number of carbonyl (C=O) groups excluding carboxylic acids is 5. The predicted molar refractivity (Wildman–Crippen MR) is 207 cm³/mol. The molecule has 1 aromatic carbocycles. The zero-order valence-electron chi connectivity index (χ0n) is 33.6. The van der Waals surface area contributed by atoms with E-state index in [9.17, 15) is 24.0 Å². The molecule has 2 N–H and O–H groups in total. The van der Waals surface area contributed by atoms with E-state index in [-0.39, 0.29) is 36.5 Å². The Morgan fingerprint density at radius 1 is 0.649 bits per heavy atom. The van der Waals surface area contributed by atoms with E-state index in [0.29, 0.717) is 124 Å². The second-order valence-corrected chi connectivity index (χ2v) is 13.2. The van der Waals surface area contributed by atoms with Crippen LogP contribution in [0.1, 0.15) is 85.4 Å². The van der Waals surface area contributed by atoms with Crippen molar-refractivity contribution in [2.75, 3.05) is 124 Å². The number of unbranched alkanes of at least 4 members (excludes halogenated alkanes) is 5. The van der Waals surface area contributed by atoms with Crippen LogP contribution in [0.25, 0.3) is 0 Å². The average Bonchev–Trinajstić information content (AvgIpc) is 3.46. The van der Waals surface area contributed by atoms with E-state index in [1.165, 1.54) is 25.7 Å². The van der Waals surface area contributed by atoms with Crippen LogP contribution in [0.3, 0.4) is 0 Å². The van der Waals surface area contributed by atoms with E-state index in [4.69, 9.17) is 42.6 Å². The van der Waals surface area contributed by atoms with Crippen LogP contribution < -0.4 is 10.6 Å². The van der Waals surface area contributed by atoms with Gasteiger partial charge in [-0.3, -0.25) is 34.2 Å². The molecule has 1 saturated heterocycles. The summed E-state index contributed by atoms with van der Waals surface area (Å²) in [6.45, 7) is 9.66. The molecule has 2 heterocycles.